The van der Waals surface area contributed by atoms with Crippen molar-refractivity contribution in [2.45, 2.75) is 57.0 Å². The molecule has 7 heteroatoms. The molecule has 0 aliphatic heterocycles. The number of rotatable bonds is 9. The molecule has 6 nitrogen and oxygen atoms in total. The number of aryl methyl sites for hydroxylation is 1. The van der Waals surface area contributed by atoms with Gasteiger partial charge in [0, 0.05) is 12.6 Å². The van der Waals surface area contributed by atoms with Crippen LogP contribution < -0.4 is 10.1 Å². The number of allylic oxidation sites excluding steroid dienone is 1. The van der Waals surface area contributed by atoms with Gasteiger partial charge in [-0.05, 0) is 31.9 Å². The number of hydrogen-bond donors (Lipinski definition) is 1. The molecule has 1 aromatic heterocycles. The number of ether oxygens (including phenoxy) is 1. The lowest BCUT2D eigenvalue weighted by atomic mass is 10.2. The fraction of sp³-hybridized carbons (Fsp3) is 0.450. The first kappa shape index (κ1) is 19.5. The normalized spacial score (nSPS) is 14.3. The molecule has 27 heavy (non-hydrogen) atoms. The maximum absolute atomic E-state index is 12.2. The summed E-state index contributed by atoms with van der Waals surface area (Å²) in [4.78, 5) is 12.2. The summed E-state index contributed by atoms with van der Waals surface area (Å²) in [5, 5.41) is 12.3. The molecular formula is C20H26N4O2S. The van der Waals surface area contributed by atoms with Gasteiger partial charge in [0.2, 0.25) is 5.91 Å². The highest BCUT2D eigenvalue weighted by atomic mass is 32.2. The Kier molecular flexibility index (Phi) is 6.92. The first-order chi connectivity index (χ1) is 13.2. The van der Waals surface area contributed by atoms with Gasteiger partial charge in [-0.3, -0.25) is 9.36 Å². The number of amides is 1. The van der Waals surface area contributed by atoms with Crippen molar-refractivity contribution in [1.82, 2.24) is 20.1 Å². The van der Waals surface area contributed by atoms with Crippen LogP contribution in [0.5, 0.6) is 5.75 Å². The van der Waals surface area contributed by atoms with E-state index in [9.17, 15) is 4.79 Å². The molecule has 1 aliphatic rings. The van der Waals surface area contributed by atoms with E-state index in [0.717, 1.165) is 18.6 Å². The minimum absolute atomic E-state index is 0.0532. The smallest absolute Gasteiger partial charge is 0.230 e. The summed E-state index contributed by atoms with van der Waals surface area (Å²) in [6.07, 6.45) is 6.38. The second-order valence-electron chi connectivity index (χ2n) is 6.74. The van der Waals surface area contributed by atoms with Crippen molar-refractivity contribution >= 4 is 17.7 Å². The van der Waals surface area contributed by atoms with Gasteiger partial charge in [0.25, 0.3) is 0 Å². The van der Waals surface area contributed by atoms with Gasteiger partial charge in [-0.25, -0.2) is 0 Å². The van der Waals surface area contributed by atoms with Crippen LogP contribution in [-0.2, 0) is 17.9 Å². The third-order valence-electron chi connectivity index (χ3n) is 4.55. The van der Waals surface area contributed by atoms with Gasteiger partial charge in [0.05, 0.1) is 5.75 Å². The third-order valence-corrected chi connectivity index (χ3v) is 5.51. The Balaban J connectivity index is 1.57. The average Bonchev–Trinajstić information content (AvgIpc) is 3.30. The summed E-state index contributed by atoms with van der Waals surface area (Å²) < 4.78 is 7.75. The van der Waals surface area contributed by atoms with Crippen molar-refractivity contribution in [3.8, 4) is 5.75 Å². The predicted octanol–water partition coefficient (Wildman–Crippen LogP) is 3.50. The van der Waals surface area contributed by atoms with Crippen molar-refractivity contribution < 1.29 is 9.53 Å². The highest BCUT2D eigenvalue weighted by Crippen LogP contribution is 2.21. The van der Waals surface area contributed by atoms with E-state index in [2.05, 4.69) is 22.1 Å². The van der Waals surface area contributed by atoms with E-state index in [1.165, 1.54) is 30.2 Å². The number of nitrogens with one attached hydrogen (secondary N) is 1. The van der Waals surface area contributed by atoms with E-state index < -0.39 is 0 Å². The number of nitrogens with zero attached hydrogens (tertiary/aromatic N) is 3. The zero-order chi connectivity index (χ0) is 19.1. The molecule has 144 valence electrons. The van der Waals surface area contributed by atoms with Crippen LogP contribution in [-0.4, -0.2) is 32.5 Å². The minimum Gasteiger partial charge on any atom is -0.486 e. The Morgan fingerprint density at radius 2 is 2.07 bits per heavy atom. The van der Waals surface area contributed by atoms with Crippen molar-refractivity contribution in [3.05, 3.63) is 48.3 Å². The van der Waals surface area contributed by atoms with Gasteiger partial charge in [-0.15, -0.1) is 16.8 Å². The van der Waals surface area contributed by atoms with E-state index in [1.807, 2.05) is 35.8 Å². The van der Waals surface area contributed by atoms with Gasteiger partial charge in [0.1, 0.15) is 12.4 Å². The molecule has 0 spiro atoms. The van der Waals surface area contributed by atoms with Crippen LogP contribution in [0.25, 0.3) is 0 Å². The fourth-order valence-corrected chi connectivity index (χ4v) is 3.87. The standard InChI is InChI=1S/C20H26N4O2S/c1-3-12-24-18(13-26-17-10-8-15(2)9-11-17)22-23-20(24)27-14-19(25)21-16-6-4-5-7-16/h3,8-11,16H,1,4-7,12-14H2,2H3,(H,21,25). The summed E-state index contributed by atoms with van der Waals surface area (Å²) in [6, 6.07) is 8.23. The molecule has 0 unspecified atom stereocenters. The minimum atomic E-state index is 0.0532. The van der Waals surface area contributed by atoms with E-state index in [4.69, 9.17) is 4.74 Å². The first-order valence-electron chi connectivity index (χ1n) is 9.30. The fourth-order valence-electron chi connectivity index (χ4n) is 3.10. The lowest BCUT2D eigenvalue weighted by molar-refractivity contribution is -0.119. The molecule has 1 heterocycles. The van der Waals surface area contributed by atoms with E-state index in [1.54, 1.807) is 6.08 Å². The van der Waals surface area contributed by atoms with Crippen molar-refractivity contribution in [1.29, 1.82) is 0 Å². The van der Waals surface area contributed by atoms with Gasteiger partial charge in [-0.1, -0.05) is 48.4 Å². The summed E-state index contributed by atoms with van der Waals surface area (Å²) in [5.74, 6) is 1.90. The van der Waals surface area contributed by atoms with Crippen molar-refractivity contribution in [2.75, 3.05) is 5.75 Å². The highest BCUT2D eigenvalue weighted by Gasteiger charge is 2.18. The summed E-state index contributed by atoms with van der Waals surface area (Å²) in [5.41, 5.74) is 1.19. The highest BCUT2D eigenvalue weighted by molar-refractivity contribution is 7.99. The molecule has 3 rings (SSSR count). The number of benzene rings is 1. The van der Waals surface area contributed by atoms with Gasteiger partial charge in [0.15, 0.2) is 11.0 Å². The third kappa shape index (κ3) is 5.60. The van der Waals surface area contributed by atoms with Gasteiger partial charge < -0.3 is 10.1 Å². The number of carbonyl (C=O) groups excluding carboxylic acids is 1. The Hall–Kier alpha value is -2.28. The number of carbonyl (C=O) groups is 1. The van der Waals surface area contributed by atoms with Gasteiger partial charge in [-0.2, -0.15) is 0 Å². The van der Waals surface area contributed by atoms with E-state index in [0.29, 0.717) is 35.9 Å². The Morgan fingerprint density at radius 3 is 2.78 bits per heavy atom. The SMILES string of the molecule is C=CCn1c(COc2ccc(C)cc2)nnc1SCC(=O)NC1CCCC1. The number of hydrogen-bond acceptors (Lipinski definition) is 5. The van der Waals surface area contributed by atoms with E-state index in [-0.39, 0.29) is 5.91 Å². The van der Waals surface area contributed by atoms with Crippen LogP contribution in [0.1, 0.15) is 37.1 Å². The molecule has 1 N–H and O–H groups in total. The second-order valence-corrected chi connectivity index (χ2v) is 7.68. The monoisotopic (exact) mass is 386 g/mol. The van der Waals surface area contributed by atoms with E-state index >= 15 is 0 Å². The number of aromatic nitrogens is 3. The average molecular weight is 387 g/mol. The molecule has 0 atom stereocenters. The summed E-state index contributed by atoms with van der Waals surface area (Å²) in [7, 11) is 0. The van der Waals surface area contributed by atoms with Crippen molar-refractivity contribution in [2.24, 2.45) is 0 Å². The molecular weight excluding hydrogens is 360 g/mol. The number of thioether (sulfide) groups is 1. The largest absolute Gasteiger partial charge is 0.486 e. The van der Waals surface area contributed by atoms with Crippen molar-refractivity contribution in [3.63, 3.8) is 0 Å². The zero-order valence-electron chi connectivity index (χ0n) is 15.7. The molecule has 1 amide bonds. The lowest BCUT2D eigenvalue weighted by Crippen LogP contribution is -2.33. The van der Waals surface area contributed by atoms with Crippen LogP contribution in [0.3, 0.4) is 0 Å². The summed E-state index contributed by atoms with van der Waals surface area (Å²) in [6.45, 7) is 6.74. The maximum atomic E-state index is 12.2. The topological polar surface area (TPSA) is 69.0 Å². The van der Waals surface area contributed by atoms with Crippen LogP contribution >= 0.6 is 11.8 Å². The Morgan fingerprint density at radius 1 is 1.33 bits per heavy atom. The molecule has 1 saturated carbocycles. The quantitative estimate of drug-likeness (QED) is 0.528. The Labute approximate surface area is 164 Å². The maximum Gasteiger partial charge on any atom is 0.230 e. The Bertz CT molecular complexity index is 767. The zero-order valence-corrected chi connectivity index (χ0v) is 16.5. The van der Waals surface area contributed by atoms with Crippen LogP contribution in [0, 0.1) is 6.92 Å². The molecule has 0 saturated heterocycles. The van der Waals surface area contributed by atoms with Gasteiger partial charge >= 0.3 is 0 Å². The molecule has 0 bridgehead atoms. The van der Waals surface area contributed by atoms with Crippen LogP contribution in [0.4, 0.5) is 0 Å². The summed E-state index contributed by atoms with van der Waals surface area (Å²) >= 11 is 1.40. The second kappa shape index (κ2) is 9.60. The molecule has 1 fully saturated rings. The molecule has 1 aliphatic carbocycles. The molecule has 2 aromatic rings. The molecule has 0 radical (unpaired) electrons. The first-order valence-corrected chi connectivity index (χ1v) is 10.3. The molecule has 1 aromatic carbocycles. The lowest BCUT2D eigenvalue weighted by Gasteiger charge is -2.12. The predicted molar refractivity (Wildman–Crippen MR) is 107 cm³/mol. The van der Waals surface area contributed by atoms with Crippen LogP contribution in [0.2, 0.25) is 0 Å². The van der Waals surface area contributed by atoms with Crippen LogP contribution in [0.15, 0.2) is 42.1 Å².